The second-order valence-corrected chi connectivity index (χ2v) is 3.78. The minimum Gasteiger partial charge on any atom is -0.488 e. The molecule has 0 radical (unpaired) electrons. The maximum Gasteiger partial charge on any atom is 0.129 e. The summed E-state index contributed by atoms with van der Waals surface area (Å²) < 4.78 is 10.8. The fourth-order valence-corrected chi connectivity index (χ4v) is 1.61. The van der Waals surface area contributed by atoms with Crippen LogP contribution in [0.1, 0.15) is 25.8 Å². The predicted molar refractivity (Wildman–Crippen MR) is 67.0 cm³/mol. The molecule has 0 aliphatic heterocycles. The van der Waals surface area contributed by atoms with E-state index in [1.54, 1.807) is 7.11 Å². The van der Waals surface area contributed by atoms with E-state index in [0.29, 0.717) is 24.5 Å². The van der Waals surface area contributed by atoms with E-state index in [2.05, 4.69) is 5.16 Å². The minimum absolute atomic E-state index is 0.0436. The first-order valence-electron chi connectivity index (χ1n) is 5.68. The zero-order valence-electron chi connectivity index (χ0n) is 10.5. The van der Waals surface area contributed by atoms with E-state index in [4.69, 9.17) is 14.7 Å². The molecule has 0 amide bonds. The third-order valence-electron chi connectivity index (χ3n) is 2.38. The molecular weight excluding hydrogens is 218 g/mol. The molecule has 1 aromatic carbocycles. The topological polar surface area (TPSA) is 51.1 Å². The highest BCUT2D eigenvalue weighted by Crippen LogP contribution is 2.21. The van der Waals surface area contributed by atoms with Gasteiger partial charge in [-0.05, 0) is 25.5 Å². The van der Waals surface area contributed by atoms with Crippen molar-refractivity contribution in [3.8, 4) is 5.75 Å². The molecule has 0 aromatic heterocycles. The van der Waals surface area contributed by atoms with Crippen LogP contribution in [0.4, 0.5) is 0 Å². The Morgan fingerprint density at radius 2 is 2.12 bits per heavy atom. The molecule has 4 heteroatoms. The quantitative estimate of drug-likeness (QED) is 0.470. The number of rotatable bonds is 6. The Kier molecular flexibility index (Phi) is 5.49. The summed E-state index contributed by atoms with van der Waals surface area (Å²) in [5.41, 5.74) is 1.44. The van der Waals surface area contributed by atoms with E-state index in [1.807, 2.05) is 38.1 Å². The Bertz CT molecular complexity index is 377. The fourth-order valence-electron chi connectivity index (χ4n) is 1.61. The first kappa shape index (κ1) is 13.5. The number of hydrogen-bond donors (Lipinski definition) is 1. The molecule has 1 atom stereocenters. The van der Waals surface area contributed by atoms with Crippen molar-refractivity contribution in [2.45, 2.75) is 26.4 Å². The molecule has 94 valence electrons. The van der Waals surface area contributed by atoms with Gasteiger partial charge in [0.2, 0.25) is 0 Å². The molecular formula is C13H19NO3. The minimum atomic E-state index is -0.0436. The van der Waals surface area contributed by atoms with Crippen molar-refractivity contribution >= 4 is 5.71 Å². The van der Waals surface area contributed by atoms with Crippen LogP contribution in [0.2, 0.25) is 0 Å². The molecule has 0 saturated carbocycles. The van der Waals surface area contributed by atoms with Gasteiger partial charge in [-0.25, -0.2) is 0 Å². The summed E-state index contributed by atoms with van der Waals surface area (Å²) in [6.07, 6.45) is 0.605. The van der Waals surface area contributed by atoms with E-state index in [0.717, 1.165) is 5.56 Å². The SMILES string of the molecule is CCC(=NO)c1ccccc1OC(C)COC. The molecule has 1 N–H and O–H groups in total. The highest BCUT2D eigenvalue weighted by atomic mass is 16.5. The molecule has 1 rings (SSSR count). The van der Waals surface area contributed by atoms with E-state index in [9.17, 15) is 0 Å². The van der Waals surface area contributed by atoms with Crippen LogP contribution in [0, 0.1) is 0 Å². The van der Waals surface area contributed by atoms with Gasteiger partial charge in [0.25, 0.3) is 0 Å². The number of benzene rings is 1. The van der Waals surface area contributed by atoms with Gasteiger partial charge in [0.15, 0.2) is 0 Å². The van der Waals surface area contributed by atoms with Gasteiger partial charge in [-0.15, -0.1) is 0 Å². The largest absolute Gasteiger partial charge is 0.488 e. The van der Waals surface area contributed by atoms with Gasteiger partial charge in [-0.2, -0.15) is 0 Å². The first-order valence-corrected chi connectivity index (χ1v) is 5.68. The maximum absolute atomic E-state index is 8.95. The molecule has 17 heavy (non-hydrogen) atoms. The van der Waals surface area contributed by atoms with Gasteiger partial charge in [0, 0.05) is 12.7 Å². The molecule has 4 nitrogen and oxygen atoms in total. The number of ether oxygens (including phenoxy) is 2. The molecule has 0 aliphatic carbocycles. The summed E-state index contributed by atoms with van der Waals surface area (Å²) in [4.78, 5) is 0. The highest BCUT2D eigenvalue weighted by molar-refractivity contribution is 6.02. The molecule has 0 aliphatic rings. The van der Waals surface area contributed by atoms with Crippen molar-refractivity contribution in [3.05, 3.63) is 29.8 Å². The van der Waals surface area contributed by atoms with Crippen molar-refractivity contribution < 1.29 is 14.7 Å². The summed E-state index contributed by atoms with van der Waals surface area (Å²) in [7, 11) is 1.64. The van der Waals surface area contributed by atoms with Crippen molar-refractivity contribution in [1.82, 2.24) is 0 Å². The third kappa shape index (κ3) is 3.75. The Hall–Kier alpha value is -1.55. The third-order valence-corrected chi connectivity index (χ3v) is 2.38. The van der Waals surface area contributed by atoms with Crippen LogP contribution in [0.5, 0.6) is 5.75 Å². The molecule has 0 bridgehead atoms. The zero-order chi connectivity index (χ0) is 12.7. The highest BCUT2D eigenvalue weighted by Gasteiger charge is 2.11. The molecule has 0 spiro atoms. The standard InChI is InChI=1S/C13H19NO3/c1-4-12(14-15)11-7-5-6-8-13(11)17-10(2)9-16-3/h5-8,10,15H,4,9H2,1-3H3. The van der Waals surface area contributed by atoms with Gasteiger partial charge in [-0.3, -0.25) is 0 Å². The number of oxime groups is 1. The summed E-state index contributed by atoms with van der Waals surface area (Å²) in [6, 6.07) is 7.53. The van der Waals surface area contributed by atoms with Crippen molar-refractivity contribution in [3.63, 3.8) is 0 Å². The van der Waals surface area contributed by atoms with Crippen LogP contribution in [0.25, 0.3) is 0 Å². The average molecular weight is 237 g/mol. The summed E-state index contributed by atoms with van der Waals surface area (Å²) in [6.45, 7) is 4.39. The number of nitrogens with zero attached hydrogens (tertiary/aromatic N) is 1. The second kappa shape index (κ2) is 6.91. The lowest BCUT2D eigenvalue weighted by molar-refractivity contribution is 0.0919. The molecule has 0 fully saturated rings. The number of methoxy groups -OCH3 is 1. The van der Waals surface area contributed by atoms with Gasteiger partial charge in [-0.1, -0.05) is 24.2 Å². The lowest BCUT2D eigenvalue weighted by Crippen LogP contribution is -2.19. The van der Waals surface area contributed by atoms with Crippen molar-refractivity contribution in [2.75, 3.05) is 13.7 Å². The summed E-state index contributed by atoms with van der Waals surface area (Å²) in [5.74, 6) is 0.715. The van der Waals surface area contributed by atoms with Crippen LogP contribution in [0.3, 0.4) is 0 Å². The number of hydrogen-bond acceptors (Lipinski definition) is 4. The van der Waals surface area contributed by atoms with Gasteiger partial charge < -0.3 is 14.7 Å². The van der Waals surface area contributed by atoms with Crippen LogP contribution in [-0.2, 0) is 4.74 Å². The van der Waals surface area contributed by atoms with Gasteiger partial charge in [0.05, 0.1) is 12.3 Å². The predicted octanol–water partition coefficient (Wildman–Crippen LogP) is 2.69. The van der Waals surface area contributed by atoms with E-state index in [1.165, 1.54) is 0 Å². The summed E-state index contributed by atoms with van der Waals surface area (Å²) in [5, 5.41) is 12.2. The average Bonchev–Trinajstić information content (AvgIpc) is 2.33. The Balaban J connectivity index is 2.92. The smallest absolute Gasteiger partial charge is 0.129 e. The fraction of sp³-hybridized carbons (Fsp3) is 0.462. The van der Waals surface area contributed by atoms with Gasteiger partial charge in [0.1, 0.15) is 11.9 Å². The Morgan fingerprint density at radius 3 is 2.71 bits per heavy atom. The van der Waals surface area contributed by atoms with Crippen molar-refractivity contribution in [2.24, 2.45) is 5.16 Å². The molecule has 0 saturated heterocycles. The lowest BCUT2D eigenvalue weighted by atomic mass is 10.1. The molecule has 1 aromatic rings. The van der Waals surface area contributed by atoms with Crippen LogP contribution in [0.15, 0.2) is 29.4 Å². The Morgan fingerprint density at radius 1 is 1.41 bits per heavy atom. The van der Waals surface area contributed by atoms with Gasteiger partial charge >= 0.3 is 0 Å². The van der Waals surface area contributed by atoms with Crippen LogP contribution < -0.4 is 4.74 Å². The second-order valence-electron chi connectivity index (χ2n) is 3.78. The van der Waals surface area contributed by atoms with E-state index < -0.39 is 0 Å². The normalized spacial score (nSPS) is 13.5. The maximum atomic E-state index is 8.95. The number of para-hydroxylation sites is 1. The molecule has 1 unspecified atom stereocenters. The van der Waals surface area contributed by atoms with Crippen LogP contribution in [-0.4, -0.2) is 30.7 Å². The molecule has 0 heterocycles. The lowest BCUT2D eigenvalue weighted by Gasteiger charge is -2.16. The Labute approximate surface area is 102 Å². The van der Waals surface area contributed by atoms with Crippen LogP contribution >= 0.6 is 0 Å². The monoisotopic (exact) mass is 237 g/mol. The van der Waals surface area contributed by atoms with E-state index in [-0.39, 0.29) is 6.10 Å². The van der Waals surface area contributed by atoms with Crippen molar-refractivity contribution in [1.29, 1.82) is 0 Å². The zero-order valence-corrected chi connectivity index (χ0v) is 10.5. The van der Waals surface area contributed by atoms with E-state index >= 15 is 0 Å². The summed E-state index contributed by atoms with van der Waals surface area (Å²) >= 11 is 0. The first-order chi connectivity index (χ1) is 8.22.